The minimum Gasteiger partial charge on any atom is -0.335 e. The highest BCUT2D eigenvalue weighted by atomic mass is 32.2. The largest absolute Gasteiger partial charge is 0.335 e. The molecule has 2 aliphatic rings. The van der Waals surface area contributed by atoms with Gasteiger partial charge >= 0.3 is 6.03 Å². The third-order valence-electron chi connectivity index (χ3n) is 4.87. The number of carbonyl (C=O) groups excluding carboxylic acids is 1. The van der Waals surface area contributed by atoms with Gasteiger partial charge in [0.15, 0.2) is 9.84 Å². The van der Waals surface area contributed by atoms with Gasteiger partial charge in [0.25, 0.3) is 0 Å². The number of rotatable bonds is 5. The van der Waals surface area contributed by atoms with E-state index in [-0.39, 0.29) is 46.6 Å². The van der Waals surface area contributed by atoms with Crippen LogP contribution in [0.1, 0.15) is 30.4 Å². The molecule has 1 saturated carbocycles. The second-order valence-electron chi connectivity index (χ2n) is 7.40. The first kappa shape index (κ1) is 20.1. The number of sulfonamides is 1. The summed E-state index contributed by atoms with van der Waals surface area (Å²) in [5, 5.41) is 5.64. The highest BCUT2D eigenvalue weighted by molar-refractivity contribution is 7.91. The second-order valence-corrected chi connectivity index (χ2v) is 11.3. The number of hydrogen-bond acceptors (Lipinski definition) is 5. The van der Waals surface area contributed by atoms with Crippen LogP contribution in [0.3, 0.4) is 0 Å². The molecule has 0 bridgehead atoms. The van der Waals surface area contributed by atoms with E-state index in [0.717, 1.165) is 19.1 Å². The first-order valence-electron chi connectivity index (χ1n) is 8.87. The van der Waals surface area contributed by atoms with Crippen molar-refractivity contribution in [1.29, 1.82) is 0 Å². The molecule has 8 nitrogen and oxygen atoms in total. The fraction of sp³-hybridized carbons (Fsp3) is 0.588. The van der Waals surface area contributed by atoms with E-state index in [1.807, 2.05) is 0 Å². The van der Waals surface area contributed by atoms with Crippen LogP contribution in [0.25, 0.3) is 0 Å². The van der Waals surface area contributed by atoms with Crippen molar-refractivity contribution in [2.45, 2.75) is 55.0 Å². The van der Waals surface area contributed by atoms with E-state index in [1.165, 1.54) is 23.4 Å². The third kappa shape index (κ3) is 4.44. The van der Waals surface area contributed by atoms with Gasteiger partial charge in [-0.15, -0.1) is 0 Å². The summed E-state index contributed by atoms with van der Waals surface area (Å²) in [7, 11) is -7.40. The summed E-state index contributed by atoms with van der Waals surface area (Å²) in [4.78, 5) is 11.9. The standard InChI is InChI=1S/C17H25N3O5S2/c1-11-8-15(26(3,22)23)12(2)16(9-11)27(24,25)20-7-6-14(10-20)19-17(21)18-13-4-5-13/h8-9,13-14H,4-7,10H2,1-3H3,(H2,18,19,21). The molecule has 0 aromatic heterocycles. The molecule has 10 heteroatoms. The fourth-order valence-corrected chi connectivity index (χ4v) is 6.25. The van der Waals surface area contributed by atoms with Gasteiger partial charge in [-0.1, -0.05) is 0 Å². The van der Waals surface area contributed by atoms with Crippen LogP contribution >= 0.6 is 0 Å². The van der Waals surface area contributed by atoms with E-state index in [9.17, 15) is 21.6 Å². The van der Waals surface area contributed by atoms with E-state index in [2.05, 4.69) is 10.6 Å². The molecule has 2 fully saturated rings. The molecule has 1 aromatic rings. The summed E-state index contributed by atoms with van der Waals surface area (Å²) in [5.41, 5.74) is 0.795. The van der Waals surface area contributed by atoms with Gasteiger partial charge in [0, 0.05) is 31.4 Å². The van der Waals surface area contributed by atoms with Crippen molar-refractivity contribution >= 4 is 25.9 Å². The Hall–Kier alpha value is -1.65. The zero-order chi connectivity index (χ0) is 20.0. The number of nitrogens with one attached hydrogen (secondary N) is 2. The van der Waals surface area contributed by atoms with Crippen molar-refractivity contribution in [2.75, 3.05) is 19.3 Å². The molecule has 1 unspecified atom stereocenters. The van der Waals surface area contributed by atoms with Crippen LogP contribution in [0.4, 0.5) is 4.79 Å². The molecule has 1 aliphatic heterocycles. The quantitative estimate of drug-likeness (QED) is 0.743. The van der Waals surface area contributed by atoms with Crippen LogP contribution in [0.15, 0.2) is 21.9 Å². The van der Waals surface area contributed by atoms with Gasteiger partial charge in [-0.25, -0.2) is 21.6 Å². The maximum absolute atomic E-state index is 13.1. The zero-order valence-corrected chi connectivity index (χ0v) is 17.3. The molecular weight excluding hydrogens is 390 g/mol. The Morgan fingerprint density at radius 3 is 2.19 bits per heavy atom. The molecule has 27 heavy (non-hydrogen) atoms. The van der Waals surface area contributed by atoms with Gasteiger partial charge in [0.1, 0.15) is 0 Å². The van der Waals surface area contributed by atoms with Crippen molar-refractivity contribution in [1.82, 2.24) is 14.9 Å². The Morgan fingerprint density at radius 1 is 1.00 bits per heavy atom. The number of nitrogens with zero attached hydrogens (tertiary/aromatic N) is 1. The Bertz CT molecular complexity index is 969. The predicted molar refractivity (Wildman–Crippen MR) is 101 cm³/mol. The maximum atomic E-state index is 13.1. The Morgan fingerprint density at radius 2 is 1.59 bits per heavy atom. The van der Waals surface area contributed by atoms with Crippen LogP contribution in [0, 0.1) is 13.8 Å². The lowest BCUT2D eigenvalue weighted by molar-refractivity contribution is 0.237. The Labute approximate surface area is 160 Å². The predicted octanol–water partition coefficient (Wildman–Crippen LogP) is 0.932. The van der Waals surface area contributed by atoms with Gasteiger partial charge in [-0.05, 0) is 56.4 Å². The molecule has 3 rings (SSSR count). The molecule has 0 radical (unpaired) electrons. The molecule has 2 amide bonds. The van der Waals surface area contributed by atoms with Gasteiger partial charge in [-0.3, -0.25) is 0 Å². The summed E-state index contributed by atoms with van der Waals surface area (Å²) in [6.45, 7) is 3.63. The highest BCUT2D eigenvalue weighted by Gasteiger charge is 2.35. The third-order valence-corrected chi connectivity index (χ3v) is 8.09. The fourth-order valence-electron chi connectivity index (χ4n) is 3.29. The molecule has 1 aromatic carbocycles. The summed E-state index contributed by atoms with van der Waals surface area (Å²) >= 11 is 0. The number of sulfone groups is 1. The number of benzene rings is 1. The minimum absolute atomic E-state index is 0.00556. The summed E-state index contributed by atoms with van der Waals surface area (Å²) in [6, 6.07) is 2.68. The Kier molecular flexibility index (Phi) is 5.26. The number of carbonyl (C=O) groups is 1. The molecular formula is C17H25N3O5S2. The Balaban J connectivity index is 1.81. The molecule has 1 heterocycles. The minimum atomic E-state index is -3.86. The molecule has 2 N–H and O–H groups in total. The molecule has 1 saturated heterocycles. The summed E-state index contributed by atoms with van der Waals surface area (Å²) < 4.78 is 51.5. The van der Waals surface area contributed by atoms with E-state index in [4.69, 9.17) is 0 Å². The van der Waals surface area contributed by atoms with Gasteiger partial charge in [-0.2, -0.15) is 4.31 Å². The van der Waals surface area contributed by atoms with Gasteiger partial charge in [0.2, 0.25) is 10.0 Å². The topological polar surface area (TPSA) is 113 Å². The van der Waals surface area contributed by atoms with Crippen LogP contribution in [0.2, 0.25) is 0 Å². The highest BCUT2D eigenvalue weighted by Crippen LogP contribution is 2.29. The number of hydrogen-bond donors (Lipinski definition) is 2. The van der Waals surface area contributed by atoms with E-state index in [0.29, 0.717) is 12.0 Å². The van der Waals surface area contributed by atoms with Crippen LogP contribution in [0.5, 0.6) is 0 Å². The van der Waals surface area contributed by atoms with Crippen molar-refractivity contribution in [3.8, 4) is 0 Å². The average Bonchev–Trinajstić information content (AvgIpc) is 3.22. The van der Waals surface area contributed by atoms with Gasteiger partial charge < -0.3 is 10.6 Å². The summed E-state index contributed by atoms with van der Waals surface area (Å²) in [6.07, 6.45) is 3.54. The van der Waals surface area contributed by atoms with Crippen LogP contribution in [-0.4, -0.2) is 58.6 Å². The smallest absolute Gasteiger partial charge is 0.315 e. The molecule has 1 aliphatic carbocycles. The number of aryl methyl sites for hydroxylation is 1. The van der Waals surface area contributed by atoms with Crippen molar-refractivity contribution in [2.24, 2.45) is 0 Å². The van der Waals surface area contributed by atoms with E-state index < -0.39 is 19.9 Å². The first-order chi connectivity index (χ1) is 12.5. The normalized spacial score (nSPS) is 21.2. The zero-order valence-electron chi connectivity index (χ0n) is 15.6. The van der Waals surface area contributed by atoms with Gasteiger partial charge in [0.05, 0.1) is 9.79 Å². The second kappa shape index (κ2) is 7.06. The number of urea groups is 1. The van der Waals surface area contributed by atoms with Crippen molar-refractivity contribution < 1.29 is 21.6 Å². The molecule has 0 spiro atoms. The molecule has 150 valence electrons. The number of amides is 2. The van der Waals surface area contributed by atoms with Crippen LogP contribution in [-0.2, 0) is 19.9 Å². The monoisotopic (exact) mass is 415 g/mol. The lowest BCUT2D eigenvalue weighted by Crippen LogP contribution is -2.44. The average molecular weight is 416 g/mol. The SMILES string of the molecule is Cc1cc(S(C)(=O)=O)c(C)c(S(=O)(=O)N2CCC(NC(=O)NC3CC3)C2)c1. The first-order valence-corrected chi connectivity index (χ1v) is 12.2. The maximum Gasteiger partial charge on any atom is 0.315 e. The van der Waals surface area contributed by atoms with E-state index in [1.54, 1.807) is 6.92 Å². The van der Waals surface area contributed by atoms with E-state index >= 15 is 0 Å². The molecule has 1 atom stereocenters. The van der Waals surface area contributed by atoms with Crippen LogP contribution < -0.4 is 10.6 Å². The lowest BCUT2D eigenvalue weighted by atomic mass is 10.2. The van der Waals surface area contributed by atoms with Crippen molar-refractivity contribution in [3.05, 3.63) is 23.3 Å². The summed E-state index contributed by atoms with van der Waals surface area (Å²) in [5.74, 6) is 0. The lowest BCUT2D eigenvalue weighted by Gasteiger charge is -2.20. The van der Waals surface area contributed by atoms with Crippen molar-refractivity contribution in [3.63, 3.8) is 0 Å².